The number of rotatable bonds is 3. The molecule has 2 aromatic carbocycles. The molecule has 0 saturated carbocycles. The summed E-state index contributed by atoms with van der Waals surface area (Å²) in [6.07, 6.45) is 0. The Morgan fingerprint density at radius 1 is 1.22 bits per heavy atom. The van der Waals surface area contributed by atoms with Gasteiger partial charge in [-0.1, -0.05) is 11.6 Å². The van der Waals surface area contributed by atoms with E-state index in [2.05, 4.69) is 5.32 Å². The van der Waals surface area contributed by atoms with E-state index < -0.39 is 5.82 Å². The molecule has 0 unspecified atom stereocenters. The van der Waals surface area contributed by atoms with Crippen LogP contribution in [0.5, 0.6) is 5.75 Å². The minimum atomic E-state index is -0.406. The summed E-state index contributed by atoms with van der Waals surface area (Å²) >= 11 is 6.04. The average molecular weight is 267 g/mol. The van der Waals surface area contributed by atoms with Crippen LogP contribution in [-0.2, 0) is 0 Å². The number of nitrogens with one attached hydrogen (secondary N) is 1. The van der Waals surface area contributed by atoms with Gasteiger partial charge in [0.25, 0.3) is 0 Å². The smallest absolute Gasteiger partial charge is 0.127 e. The number of hydrogen-bond acceptors (Lipinski definition) is 3. The molecule has 0 aliphatic carbocycles. The second-order valence-electron chi connectivity index (χ2n) is 3.74. The normalized spacial score (nSPS) is 10.2. The molecule has 5 heteroatoms. The standard InChI is InChI=1S/C13H12ClFN2O/c1-18-11-2-3-12(14)13(7-11)17-10-5-8(15)4-9(16)6-10/h2-7,17H,16H2,1H3. The van der Waals surface area contributed by atoms with Crippen LogP contribution in [-0.4, -0.2) is 7.11 Å². The number of methoxy groups -OCH3 is 1. The third-order valence-corrected chi connectivity index (χ3v) is 2.70. The van der Waals surface area contributed by atoms with Crippen molar-refractivity contribution in [2.45, 2.75) is 0 Å². The first-order valence-electron chi connectivity index (χ1n) is 5.25. The fourth-order valence-electron chi connectivity index (χ4n) is 1.57. The van der Waals surface area contributed by atoms with Crippen LogP contribution in [0.1, 0.15) is 0 Å². The molecule has 0 saturated heterocycles. The van der Waals surface area contributed by atoms with Crippen LogP contribution in [0.15, 0.2) is 36.4 Å². The van der Waals surface area contributed by atoms with E-state index in [9.17, 15) is 4.39 Å². The van der Waals surface area contributed by atoms with Gasteiger partial charge >= 0.3 is 0 Å². The highest BCUT2D eigenvalue weighted by atomic mass is 35.5. The van der Waals surface area contributed by atoms with Gasteiger partial charge in [-0.3, -0.25) is 0 Å². The Morgan fingerprint density at radius 3 is 2.67 bits per heavy atom. The zero-order chi connectivity index (χ0) is 13.1. The lowest BCUT2D eigenvalue weighted by Crippen LogP contribution is -1.95. The van der Waals surface area contributed by atoms with Crippen LogP contribution in [0.3, 0.4) is 0 Å². The Balaban J connectivity index is 2.33. The van der Waals surface area contributed by atoms with Crippen LogP contribution >= 0.6 is 11.6 Å². The minimum Gasteiger partial charge on any atom is -0.497 e. The van der Waals surface area contributed by atoms with Crippen LogP contribution in [0.2, 0.25) is 5.02 Å². The SMILES string of the molecule is COc1ccc(Cl)c(Nc2cc(N)cc(F)c2)c1. The molecule has 0 aromatic heterocycles. The van der Waals surface area contributed by atoms with Gasteiger partial charge in [0, 0.05) is 17.4 Å². The maximum absolute atomic E-state index is 13.2. The second kappa shape index (κ2) is 5.14. The molecule has 0 heterocycles. The summed E-state index contributed by atoms with van der Waals surface area (Å²) < 4.78 is 18.3. The lowest BCUT2D eigenvalue weighted by Gasteiger charge is -2.10. The van der Waals surface area contributed by atoms with Crippen LogP contribution < -0.4 is 15.8 Å². The Labute approximate surface area is 109 Å². The quantitative estimate of drug-likeness (QED) is 0.831. The van der Waals surface area contributed by atoms with Crippen LogP contribution in [0, 0.1) is 5.82 Å². The minimum absolute atomic E-state index is 0.344. The van der Waals surface area contributed by atoms with Crippen LogP contribution in [0.4, 0.5) is 21.5 Å². The maximum Gasteiger partial charge on any atom is 0.127 e. The molecule has 2 rings (SSSR count). The summed E-state index contributed by atoms with van der Waals surface area (Å²) in [7, 11) is 1.56. The van der Waals surface area contributed by atoms with E-state index in [0.29, 0.717) is 27.8 Å². The molecule has 94 valence electrons. The Hall–Kier alpha value is -1.94. The molecule has 3 nitrogen and oxygen atoms in total. The fraction of sp³-hybridized carbons (Fsp3) is 0.0769. The van der Waals surface area contributed by atoms with Crippen molar-refractivity contribution in [2.24, 2.45) is 0 Å². The van der Waals surface area contributed by atoms with Crippen molar-refractivity contribution in [3.05, 3.63) is 47.2 Å². The van der Waals surface area contributed by atoms with E-state index in [1.54, 1.807) is 31.4 Å². The van der Waals surface area contributed by atoms with Crippen molar-refractivity contribution in [3.63, 3.8) is 0 Å². The molecule has 0 bridgehead atoms. The van der Waals surface area contributed by atoms with Gasteiger partial charge in [0.2, 0.25) is 0 Å². The number of halogens is 2. The van der Waals surface area contributed by atoms with Crippen molar-refractivity contribution >= 4 is 28.7 Å². The number of ether oxygens (including phenoxy) is 1. The molecule has 3 N–H and O–H groups in total. The van der Waals surface area contributed by atoms with Gasteiger partial charge in [0.05, 0.1) is 17.8 Å². The highest BCUT2D eigenvalue weighted by molar-refractivity contribution is 6.33. The molecular weight excluding hydrogens is 255 g/mol. The van der Waals surface area contributed by atoms with E-state index in [1.807, 2.05) is 0 Å². The lowest BCUT2D eigenvalue weighted by atomic mass is 10.2. The third kappa shape index (κ3) is 2.84. The monoisotopic (exact) mass is 266 g/mol. The maximum atomic E-state index is 13.2. The zero-order valence-electron chi connectivity index (χ0n) is 9.71. The summed E-state index contributed by atoms with van der Waals surface area (Å²) in [6, 6.07) is 9.38. The van der Waals surface area contributed by atoms with Crippen LogP contribution in [0.25, 0.3) is 0 Å². The summed E-state index contributed by atoms with van der Waals surface area (Å²) in [5, 5.41) is 3.51. The molecule has 0 aliphatic heterocycles. The Morgan fingerprint density at radius 2 is 2.00 bits per heavy atom. The molecule has 18 heavy (non-hydrogen) atoms. The molecule has 0 spiro atoms. The van der Waals surface area contributed by atoms with Crippen molar-refractivity contribution < 1.29 is 9.13 Å². The van der Waals surface area contributed by atoms with Crippen molar-refractivity contribution in [1.82, 2.24) is 0 Å². The summed E-state index contributed by atoms with van der Waals surface area (Å²) in [5.74, 6) is 0.253. The van der Waals surface area contributed by atoms with Crippen molar-refractivity contribution in [2.75, 3.05) is 18.2 Å². The van der Waals surface area contributed by atoms with Gasteiger partial charge in [-0.05, 0) is 30.3 Å². The van der Waals surface area contributed by atoms with E-state index >= 15 is 0 Å². The van der Waals surface area contributed by atoms with E-state index in [4.69, 9.17) is 22.1 Å². The topological polar surface area (TPSA) is 47.3 Å². The molecule has 0 aliphatic rings. The predicted molar refractivity (Wildman–Crippen MR) is 72.1 cm³/mol. The number of anilines is 3. The fourth-order valence-corrected chi connectivity index (χ4v) is 1.73. The first-order chi connectivity index (χ1) is 8.58. The van der Waals surface area contributed by atoms with E-state index in [-0.39, 0.29) is 0 Å². The molecule has 2 aromatic rings. The molecule has 0 atom stereocenters. The number of benzene rings is 2. The van der Waals surface area contributed by atoms with Gasteiger partial charge < -0.3 is 15.8 Å². The predicted octanol–water partition coefficient (Wildman–Crippen LogP) is 3.81. The Bertz CT molecular complexity index is 555. The number of nitrogens with two attached hydrogens (primary N) is 1. The van der Waals surface area contributed by atoms with Gasteiger partial charge in [-0.2, -0.15) is 0 Å². The summed E-state index contributed by atoms with van der Waals surface area (Å²) in [6.45, 7) is 0. The van der Waals surface area contributed by atoms with Gasteiger partial charge in [-0.25, -0.2) is 4.39 Å². The van der Waals surface area contributed by atoms with Gasteiger partial charge in [0.1, 0.15) is 11.6 Å². The summed E-state index contributed by atoms with van der Waals surface area (Å²) in [5.41, 5.74) is 7.07. The Kier molecular flexibility index (Phi) is 3.58. The van der Waals surface area contributed by atoms with Gasteiger partial charge in [0.15, 0.2) is 0 Å². The number of nitrogen functional groups attached to an aromatic ring is 1. The first kappa shape index (κ1) is 12.5. The molecule has 0 radical (unpaired) electrons. The first-order valence-corrected chi connectivity index (χ1v) is 5.63. The molecular formula is C13H12ClFN2O. The van der Waals surface area contributed by atoms with Gasteiger partial charge in [-0.15, -0.1) is 0 Å². The highest BCUT2D eigenvalue weighted by Crippen LogP contribution is 2.30. The van der Waals surface area contributed by atoms with Crippen molar-refractivity contribution in [1.29, 1.82) is 0 Å². The number of hydrogen-bond donors (Lipinski definition) is 2. The third-order valence-electron chi connectivity index (χ3n) is 2.37. The zero-order valence-corrected chi connectivity index (χ0v) is 10.5. The van der Waals surface area contributed by atoms with E-state index in [0.717, 1.165) is 0 Å². The highest BCUT2D eigenvalue weighted by Gasteiger charge is 2.04. The van der Waals surface area contributed by atoms with Crippen molar-refractivity contribution in [3.8, 4) is 5.75 Å². The van der Waals surface area contributed by atoms with E-state index in [1.165, 1.54) is 12.1 Å². The summed E-state index contributed by atoms with van der Waals surface area (Å²) in [4.78, 5) is 0. The largest absolute Gasteiger partial charge is 0.497 e. The molecule has 0 fully saturated rings. The lowest BCUT2D eigenvalue weighted by molar-refractivity contribution is 0.415. The second-order valence-corrected chi connectivity index (χ2v) is 4.15. The average Bonchev–Trinajstić information content (AvgIpc) is 2.30. The molecule has 0 amide bonds.